The molecule has 0 aromatic heterocycles. The maximum Gasteiger partial charge on any atom is 0.193 e. The van der Waals surface area contributed by atoms with E-state index in [1.807, 2.05) is 0 Å². The highest BCUT2D eigenvalue weighted by Gasteiger charge is 2.33. The Kier molecular flexibility index (Phi) is 10.1. The minimum Gasteiger partial charge on any atom is -0.384 e. The predicted molar refractivity (Wildman–Crippen MR) is 119 cm³/mol. The van der Waals surface area contributed by atoms with E-state index in [2.05, 4.69) is 49.7 Å². The lowest BCUT2D eigenvalue weighted by Crippen LogP contribution is -2.56. The fourth-order valence-electron chi connectivity index (χ4n) is 3.86. The monoisotopic (exact) mass is 482 g/mol. The van der Waals surface area contributed by atoms with Crippen LogP contribution in [0.15, 0.2) is 4.99 Å². The van der Waals surface area contributed by atoms with Gasteiger partial charge in [0.1, 0.15) is 0 Å². The Hall–Kier alpha value is -0.120. The van der Waals surface area contributed by atoms with Crippen molar-refractivity contribution in [1.82, 2.24) is 15.1 Å². The Morgan fingerprint density at radius 1 is 1.23 bits per heavy atom. The van der Waals surface area contributed by atoms with Crippen molar-refractivity contribution >= 4 is 29.9 Å². The summed E-state index contributed by atoms with van der Waals surface area (Å²) in [5.41, 5.74) is 0.0264. The third kappa shape index (κ3) is 6.80. The molecule has 6 nitrogen and oxygen atoms in total. The van der Waals surface area contributed by atoms with Crippen LogP contribution in [0.5, 0.6) is 0 Å². The molecule has 0 aromatic carbocycles. The van der Waals surface area contributed by atoms with Gasteiger partial charge in [0.25, 0.3) is 0 Å². The molecule has 1 N–H and O–H groups in total. The summed E-state index contributed by atoms with van der Waals surface area (Å²) in [5, 5.41) is 3.47. The summed E-state index contributed by atoms with van der Waals surface area (Å²) >= 11 is 0. The van der Waals surface area contributed by atoms with Gasteiger partial charge in [-0.05, 0) is 41.0 Å². The average molecular weight is 482 g/mol. The van der Waals surface area contributed by atoms with E-state index in [9.17, 15) is 0 Å². The van der Waals surface area contributed by atoms with Crippen LogP contribution in [0.25, 0.3) is 0 Å². The van der Waals surface area contributed by atoms with Gasteiger partial charge in [0.2, 0.25) is 0 Å². The molecule has 3 unspecified atom stereocenters. The molecule has 3 atom stereocenters. The van der Waals surface area contributed by atoms with Crippen molar-refractivity contribution in [3.8, 4) is 0 Å². The number of likely N-dealkylation sites (tertiary alicyclic amines) is 1. The molecule has 26 heavy (non-hydrogen) atoms. The molecule has 7 heteroatoms. The third-order valence-electron chi connectivity index (χ3n) is 5.21. The molecule has 0 aliphatic carbocycles. The van der Waals surface area contributed by atoms with Crippen LogP contribution in [-0.2, 0) is 9.47 Å². The molecular formula is C19H39IN4O2. The van der Waals surface area contributed by atoms with Crippen molar-refractivity contribution in [2.24, 2.45) is 10.9 Å². The lowest BCUT2D eigenvalue weighted by atomic mass is 10.0. The lowest BCUT2D eigenvalue weighted by molar-refractivity contribution is -0.0939. The zero-order valence-electron chi connectivity index (χ0n) is 17.5. The van der Waals surface area contributed by atoms with Gasteiger partial charge in [-0.1, -0.05) is 0 Å². The summed E-state index contributed by atoms with van der Waals surface area (Å²) in [6.07, 6.45) is 1.75. The summed E-state index contributed by atoms with van der Waals surface area (Å²) in [6, 6.07) is 0. The van der Waals surface area contributed by atoms with E-state index in [0.29, 0.717) is 5.92 Å². The maximum atomic E-state index is 5.88. The number of ether oxygens (including phenoxy) is 2. The second-order valence-electron chi connectivity index (χ2n) is 8.20. The van der Waals surface area contributed by atoms with E-state index in [-0.39, 0.29) is 41.7 Å². The highest BCUT2D eigenvalue weighted by atomic mass is 127. The van der Waals surface area contributed by atoms with Gasteiger partial charge in [-0.3, -0.25) is 9.89 Å². The van der Waals surface area contributed by atoms with Gasteiger partial charge in [-0.25, -0.2) is 0 Å². The SMILES string of the molecule is CCNC(=NCC(C)(C)N1CC(C)OC(C)C1)N1CCC(COC)C1.I. The Labute approximate surface area is 177 Å². The normalized spacial score (nSPS) is 28.2. The van der Waals surface area contributed by atoms with Gasteiger partial charge in [0.05, 0.1) is 25.4 Å². The Morgan fingerprint density at radius 2 is 1.88 bits per heavy atom. The standard InChI is InChI=1S/C19H38N4O2.HI/c1-7-20-18(22-9-8-17(12-22)13-24-6)21-14-19(4,5)23-10-15(2)25-16(3)11-23;/h15-17H,7-14H2,1-6H3,(H,20,21);1H. The molecule has 0 aromatic rings. The summed E-state index contributed by atoms with van der Waals surface area (Å²) in [4.78, 5) is 9.90. The van der Waals surface area contributed by atoms with Gasteiger partial charge in [-0.2, -0.15) is 0 Å². The van der Waals surface area contributed by atoms with Crippen molar-refractivity contribution in [1.29, 1.82) is 0 Å². The Morgan fingerprint density at radius 3 is 2.46 bits per heavy atom. The smallest absolute Gasteiger partial charge is 0.193 e. The van der Waals surface area contributed by atoms with Crippen LogP contribution in [0, 0.1) is 5.92 Å². The molecule has 0 amide bonds. The molecule has 2 saturated heterocycles. The molecule has 0 bridgehead atoms. The molecule has 2 heterocycles. The van der Waals surface area contributed by atoms with Gasteiger partial charge < -0.3 is 19.7 Å². The van der Waals surface area contributed by atoms with Crippen molar-refractivity contribution < 1.29 is 9.47 Å². The second-order valence-corrected chi connectivity index (χ2v) is 8.20. The number of morpholine rings is 1. The molecule has 2 aliphatic rings. The highest BCUT2D eigenvalue weighted by molar-refractivity contribution is 14.0. The summed E-state index contributed by atoms with van der Waals surface area (Å²) < 4.78 is 11.2. The fourth-order valence-corrected chi connectivity index (χ4v) is 3.86. The van der Waals surface area contributed by atoms with E-state index >= 15 is 0 Å². The first-order chi connectivity index (χ1) is 11.9. The molecule has 0 spiro atoms. The molecule has 2 rings (SSSR count). The van der Waals surface area contributed by atoms with Gasteiger partial charge in [-0.15, -0.1) is 24.0 Å². The van der Waals surface area contributed by atoms with Crippen LogP contribution in [0.3, 0.4) is 0 Å². The Bertz CT molecular complexity index is 437. The van der Waals surface area contributed by atoms with Crippen LogP contribution in [0.1, 0.15) is 41.0 Å². The van der Waals surface area contributed by atoms with Crippen molar-refractivity contribution in [3.05, 3.63) is 0 Å². The first-order valence-corrected chi connectivity index (χ1v) is 9.78. The number of hydrogen-bond acceptors (Lipinski definition) is 4. The van der Waals surface area contributed by atoms with Crippen LogP contribution in [0.2, 0.25) is 0 Å². The molecule has 2 aliphatic heterocycles. The third-order valence-corrected chi connectivity index (χ3v) is 5.21. The number of hydrogen-bond donors (Lipinski definition) is 1. The predicted octanol–water partition coefficient (Wildman–Crippen LogP) is 2.43. The fraction of sp³-hybridized carbons (Fsp3) is 0.947. The number of methoxy groups -OCH3 is 1. The minimum absolute atomic E-state index is 0. The quantitative estimate of drug-likeness (QED) is 0.358. The number of rotatable bonds is 6. The second kappa shape index (κ2) is 11.0. The van der Waals surface area contributed by atoms with Crippen LogP contribution < -0.4 is 5.32 Å². The largest absolute Gasteiger partial charge is 0.384 e. The summed E-state index contributed by atoms with van der Waals surface area (Å²) in [5.74, 6) is 1.66. The molecular weight excluding hydrogens is 443 g/mol. The number of nitrogens with zero attached hydrogens (tertiary/aromatic N) is 3. The summed E-state index contributed by atoms with van der Waals surface area (Å²) in [7, 11) is 1.79. The average Bonchev–Trinajstić information content (AvgIpc) is 2.99. The first-order valence-electron chi connectivity index (χ1n) is 9.78. The molecule has 0 saturated carbocycles. The zero-order valence-corrected chi connectivity index (χ0v) is 19.8. The Balaban J connectivity index is 0.00000338. The van der Waals surface area contributed by atoms with Crippen molar-refractivity contribution in [3.63, 3.8) is 0 Å². The van der Waals surface area contributed by atoms with E-state index in [1.165, 1.54) is 6.42 Å². The van der Waals surface area contributed by atoms with E-state index in [4.69, 9.17) is 14.5 Å². The van der Waals surface area contributed by atoms with Crippen LogP contribution in [-0.4, -0.2) is 86.5 Å². The van der Waals surface area contributed by atoms with Gasteiger partial charge >= 0.3 is 0 Å². The van der Waals surface area contributed by atoms with E-state index < -0.39 is 0 Å². The van der Waals surface area contributed by atoms with Crippen molar-refractivity contribution in [2.75, 3.05) is 53.0 Å². The maximum absolute atomic E-state index is 5.88. The first kappa shape index (κ1) is 23.9. The van der Waals surface area contributed by atoms with Gasteiger partial charge in [0.15, 0.2) is 5.96 Å². The highest BCUT2D eigenvalue weighted by Crippen LogP contribution is 2.22. The topological polar surface area (TPSA) is 49.3 Å². The minimum atomic E-state index is 0. The number of guanidine groups is 1. The zero-order chi connectivity index (χ0) is 18.4. The number of nitrogens with one attached hydrogen (secondary N) is 1. The van der Waals surface area contributed by atoms with E-state index in [0.717, 1.165) is 51.8 Å². The lowest BCUT2D eigenvalue weighted by Gasteiger charge is -2.44. The van der Waals surface area contributed by atoms with E-state index in [1.54, 1.807) is 7.11 Å². The molecule has 2 fully saturated rings. The number of halogens is 1. The van der Waals surface area contributed by atoms with Gasteiger partial charge in [0, 0.05) is 51.3 Å². The van der Waals surface area contributed by atoms with Crippen LogP contribution in [0.4, 0.5) is 0 Å². The molecule has 154 valence electrons. The van der Waals surface area contributed by atoms with Crippen molar-refractivity contribution in [2.45, 2.75) is 58.8 Å². The number of aliphatic imine (C=N–C) groups is 1. The van der Waals surface area contributed by atoms with Crippen LogP contribution >= 0.6 is 24.0 Å². The molecule has 0 radical (unpaired) electrons. The summed E-state index contributed by atoms with van der Waals surface area (Å²) in [6.45, 7) is 17.6.